The summed E-state index contributed by atoms with van der Waals surface area (Å²) in [7, 11) is 0. The zero-order valence-electron chi connectivity index (χ0n) is 16.1. The van der Waals surface area contributed by atoms with E-state index in [-0.39, 0.29) is 11.8 Å². The summed E-state index contributed by atoms with van der Waals surface area (Å²) < 4.78 is 0. The molecule has 7 heteroatoms. The first-order valence-corrected chi connectivity index (χ1v) is 11.4. The van der Waals surface area contributed by atoms with Gasteiger partial charge in [0.05, 0.1) is 6.20 Å². The van der Waals surface area contributed by atoms with E-state index in [0.29, 0.717) is 16.1 Å². The summed E-state index contributed by atoms with van der Waals surface area (Å²) in [6.45, 7) is 3.48. The average Bonchev–Trinajstić information content (AvgIpc) is 3.26. The van der Waals surface area contributed by atoms with Crippen LogP contribution < -0.4 is 5.32 Å². The molecule has 29 heavy (non-hydrogen) atoms. The maximum absolute atomic E-state index is 12.7. The van der Waals surface area contributed by atoms with Crippen LogP contribution in [-0.2, 0) is 0 Å². The first-order valence-electron chi connectivity index (χ1n) is 9.42. The fourth-order valence-electron chi connectivity index (χ4n) is 3.16. The van der Waals surface area contributed by atoms with Crippen molar-refractivity contribution in [3.63, 3.8) is 0 Å². The summed E-state index contributed by atoms with van der Waals surface area (Å²) in [4.78, 5) is 32.1. The highest BCUT2D eigenvalue weighted by Crippen LogP contribution is 2.26. The SMILES string of the molecule is Cc1cc(C(=O)N2CCSCC2)ccc1NC(=O)c1cnc(-c2ccccc2)s1. The van der Waals surface area contributed by atoms with Crippen molar-refractivity contribution in [3.05, 3.63) is 70.7 Å². The molecular weight excluding hydrogens is 402 g/mol. The average molecular weight is 424 g/mol. The molecule has 1 aliphatic rings. The lowest BCUT2D eigenvalue weighted by atomic mass is 10.1. The van der Waals surface area contributed by atoms with Gasteiger partial charge in [-0.3, -0.25) is 9.59 Å². The van der Waals surface area contributed by atoms with Crippen molar-refractivity contribution in [1.82, 2.24) is 9.88 Å². The van der Waals surface area contributed by atoms with E-state index in [2.05, 4.69) is 10.3 Å². The Balaban J connectivity index is 1.46. The predicted molar refractivity (Wildman–Crippen MR) is 120 cm³/mol. The third-order valence-electron chi connectivity index (χ3n) is 4.77. The van der Waals surface area contributed by atoms with Crippen molar-refractivity contribution in [2.24, 2.45) is 0 Å². The number of carbonyl (C=O) groups excluding carboxylic acids is 2. The lowest BCUT2D eigenvalue weighted by Crippen LogP contribution is -2.37. The van der Waals surface area contributed by atoms with Crippen LogP contribution in [0.2, 0.25) is 0 Å². The Kier molecular flexibility index (Phi) is 5.97. The molecule has 1 aliphatic heterocycles. The fourth-order valence-corrected chi connectivity index (χ4v) is 4.88. The number of hydrogen-bond donors (Lipinski definition) is 1. The van der Waals surface area contributed by atoms with Gasteiger partial charge in [0.25, 0.3) is 11.8 Å². The first-order chi connectivity index (χ1) is 14.1. The van der Waals surface area contributed by atoms with E-state index < -0.39 is 0 Å². The third-order valence-corrected chi connectivity index (χ3v) is 6.76. The van der Waals surface area contributed by atoms with Crippen molar-refractivity contribution in [2.45, 2.75) is 6.92 Å². The lowest BCUT2D eigenvalue weighted by molar-refractivity contribution is 0.0772. The zero-order chi connectivity index (χ0) is 20.2. The van der Waals surface area contributed by atoms with Crippen LogP contribution in [0.4, 0.5) is 5.69 Å². The van der Waals surface area contributed by atoms with Crippen molar-refractivity contribution in [3.8, 4) is 10.6 Å². The first kappa shape index (κ1) is 19.7. The molecular formula is C22H21N3O2S2. The van der Waals surface area contributed by atoms with E-state index in [4.69, 9.17) is 0 Å². The van der Waals surface area contributed by atoms with Gasteiger partial charge in [-0.2, -0.15) is 11.8 Å². The number of aryl methyl sites for hydroxylation is 1. The van der Waals surface area contributed by atoms with Gasteiger partial charge in [-0.1, -0.05) is 30.3 Å². The van der Waals surface area contributed by atoms with Gasteiger partial charge in [0, 0.05) is 41.4 Å². The van der Waals surface area contributed by atoms with Crippen LogP contribution in [0.15, 0.2) is 54.7 Å². The summed E-state index contributed by atoms with van der Waals surface area (Å²) >= 11 is 3.24. The van der Waals surface area contributed by atoms with Crippen LogP contribution in [0, 0.1) is 6.92 Å². The molecule has 1 N–H and O–H groups in total. The number of nitrogens with one attached hydrogen (secondary N) is 1. The maximum atomic E-state index is 12.7. The molecule has 0 spiro atoms. The van der Waals surface area contributed by atoms with Gasteiger partial charge in [0.1, 0.15) is 9.88 Å². The second kappa shape index (κ2) is 8.80. The van der Waals surface area contributed by atoms with Crippen molar-refractivity contribution < 1.29 is 9.59 Å². The van der Waals surface area contributed by atoms with Gasteiger partial charge in [0.2, 0.25) is 0 Å². The van der Waals surface area contributed by atoms with Crippen LogP contribution in [0.1, 0.15) is 25.6 Å². The maximum Gasteiger partial charge on any atom is 0.267 e. The van der Waals surface area contributed by atoms with Gasteiger partial charge in [-0.25, -0.2) is 4.98 Å². The molecule has 2 aromatic carbocycles. The highest BCUT2D eigenvalue weighted by molar-refractivity contribution is 7.99. The molecule has 2 amide bonds. The van der Waals surface area contributed by atoms with E-state index >= 15 is 0 Å². The summed E-state index contributed by atoms with van der Waals surface area (Å²) in [5, 5.41) is 3.75. The van der Waals surface area contributed by atoms with E-state index in [0.717, 1.165) is 40.7 Å². The van der Waals surface area contributed by atoms with E-state index in [9.17, 15) is 9.59 Å². The van der Waals surface area contributed by atoms with Crippen LogP contribution in [0.3, 0.4) is 0 Å². The van der Waals surface area contributed by atoms with Gasteiger partial charge in [-0.15, -0.1) is 11.3 Å². The standard InChI is InChI=1S/C22H21N3O2S2/c1-15-13-17(22(27)25-9-11-28-12-10-25)7-8-18(15)24-20(26)19-14-23-21(29-19)16-5-3-2-4-6-16/h2-8,13-14H,9-12H2,1H3,(H,24,26). The minimum atomic E-state index is -0.195. The Morgan fingerprint density at radius 2 is 1.83 bits per heavy atom. The van der Waals surface area contributed by atoms with Crippen molar-refractivity contribution in [1.29, 1.82) is 0 Å². The Morgan fingerprint density at radius 3 is 2.55 bits per heavy atom. The number of amides is 2. The molecule has 4 rings (SSSR count). The quantitative estimate of drug-likeness (QED) is 0.668. The number of aromatic nitrogens is 1. The van der Waals surface area contributed by atoms with Crippen LogP contribution >= 0.6 is 23.1 Å². The minimum absolute atomic E-state index is 0.0567. The second-order valence-corrected chi connectivity index (χ2v) is 9.04. The largest absolute Gasteiger partial charge is 0.337 e. The number of benzene rings is 2. The smallest absolute Gasteiger partial charge is 0.267 e. The molecule has 1 fully saturated rings. The number of anilines is 1. The molecule has 0 atom stereocenters. The van der Waals surface area contributed by atoms with Gasteiger partial charge >= 0.3 is 0 Å². The summed E-state index contributed by atoms with van der Waals surface area (Å²) in [5.41, 5.74) is 3.22. The molecule has 5 nitrogen and oxygen atoms in total. The molecule has 0 aliphatic carbocycles. The monoisotopic (exact) mass is 423 g/mol. The van der Waals surface area contributed by atoms with Crippen LogP contribution in [0.5, 0.6) is 0 Å². The zero-order valence-corrected chi connectivity index (χ0v) is 17.7. The predicted octanol–water partition coefficient (Wildman–Crippen LogP) is 4.56. The van der Waals surface area contributed by atoms with Crippen LogP contribution in [0.25, 0.3) is 10.6 Å². The fraction of sp³-hybridized carbons (Fsp3) is 0.227. The lowest BCUT2D eigenvalue weighted by Gasteiger charge is -2.26. The molecule has 0 radical (unpaired) electrons. The van der Waals surface area contributed by atoms with E-state index in [1.165, 1.54) is 11.3 Å². The topological polar surface area (TPSA) is 62.3 Å². The van der Waals surface area contributed by atoms with Gasteiger partial charge < -0.3 is 10.2 Å². The molecule has 2 heterocycles. The van der Waals surface area contributed by atoms with Crippen LogP contribution in [-0.4, -0.2) is 46.3 Å². The Labute approximate surface area is 178 Å². The number of carbonyl (C=O) groups is 2. The Morgan fingerprint density at radius 1 is 1.07 bits per heavy atom. The summed E-state index contributed by atoms with van der Waals surface area (Å²) in [6.07, 6.45) is 1.60. The number of hydrogen-bond acceptors (Lipinski definition) is 5. The van der Waals surface area contributed by atoms with Crippen molar-refractivity contribution >= 4 is 40.6 Å². The second-order valence-electron chi connectivity index (χ2n) is 6.78. The van der Waals surface area contributed by atoms with Gasteiger partial charge in [0.15, 0.2) is 0 Å². The molecule has 1 aromatic heterocycles. The van der Waals surface area contributed by atoms with Crippen molar-refractivity contribution in [2.75, 3.05) is 29.9 Å². The van der Waals surface area contributed by atoms with Gasteiger partial charge in [-0.05, 0) is 30.7 Å². The minimum Gasteiger partial charge on any atom is -0.337 e. The molecule has 1 saturated heterocycles. The summed E-state index contributed by atoms with van der Waals surface area (Å²) in [5.74, 6) is 1.83. The third kappa shape index (κ3) is 4.52. The Bertz CT molecular complexity index is 1030. The molecule has 0 unspecified atom stereocenters. The molecule has 0 saturated carbocycles. The van der Waals surface area contributed by atoms with E-state index in [1.807, 2.05) is 60.0 Å². The Hall–Kier alpha value is -2.64. The normalized spacial score (nSPS) is 13.9. The summed E-state index contributed by atoms with van der Waals surface area (Å²) in [6, 6.07) is 15.2. The highest BCUT2D eigenvalue weighted by Gasteiger charge is 2.19. The molecule has 0 bridgehead atoms. The number of thioether (sulfide) groups is 1. The molecule has 3 aromatic rings. The molecule has 148 valence electrons. The van der Waals surface area contributed by atoms with E-state index in [1.54, 1.807) is 18.3 Å². The number of rotatable bonds is 4. The number of nitrogens with zero attached hydrogens (tertiary/aromatic N) is 2. The highest BCUT2D eigenvalue weighted by atomic mass is 32.2. The number of thiazole rings is 1.